The van der Waals surface area contributed by atoms with Crippen LogP contribution in [0.4, 0.5) is 4.39 Å². The fraction of sp³-hybridized carbons (Fsp3) is 0.250. The van der Waals surface area contributed by atoms with Crippen molar-refractivity contribution in [2.24, 2.45) is 0 Å². The lowest BCUT2D eigenvalue weighted by Crippen LogP contribution is -1.95. The molecule has 0 spiro atoms. The number of ether oxygens (including phenoxy) is 3. The van der Waals surface area contributed by atoms with Crippen molar-refractivity contribution in [2.75, 3.05) is 20.8 Å². The molecular weight excluding hydrogens is 259 g/mol. The maximum atomic E-state index is 13.8. The van der Waals surface area contributed by atoms with E-state index in [4.69, 9.17) is 14.2 Å². The van der Waals surface area contributed by atoms with E-state index in [2.05, 4.69) is 0 Å². The molecule has 0 saturated heterocycles. The Labute approximate surface area is 116 Å². The molecule has 104 valence electrons. The van der Waals surface area contributed by atoms with E-state index in [1.807, 2.05) is 18.2 Å². The van der Waals surface area contributed by atoms with E-state index in [1.54, 1.807) is 14.2 Å². The Kier molecular flexibility index (Phi) is 3.22. The molecule has 1 aliphatic rings. The maximum Gasteiger partial charge on any atom is 0.168 e. The SMILES string of the molecule is COc1cccc(-c2cc(F)cc3c2OCC3)c1OC. The van der Waals surface area contributed by atoms with Gasteiger partial charge < -0.3 is 14.2 Å². The van der Waals surface area contributed by atoms with Gasteiger partial charge in [-0.15, -0.1) is 0 Å². The molecule has 1 aliphatic heterocycles. The van der Waals surface area contributed by atoms with Crippen molar-refractivity contribution in [3.05, 3.63) is 41.7 Å². The van der Waals surface area contributed by atoms with Crippen LogP contribution in [0.5, 0.6) is 17.2 Å². The van der Waals surface area contributed by atoms with Crippen LogP contribution in [0.3, 0.4) is 0 Å². The van der Waals surface area contributed by atoms with E-state index < -0.39 is 0 Å². The van der Waals surface area contributed by atoms with Crippen molar-refractivity contribution in [3.8, 4) is 28.4 Å². The molecule has 4 heteroatoms. The molecular formula is C16H15FO3. The number of para-hydroxylation sites is 1. The zero-order chi connectivity index (χ0) is 14.1. The molecule has 0 aromatic heterocycles. The van der Waals surface area contributed by atoms with Crippen LogP contribution in [0.15, 0.2) is 30.3 Å². The van der Waals surface area contributed by atoms with Crippen LogP contribution >= 0.6 is 0 Å². The lowest BCUT2D eigenvalue weighted by molar-refractivity contribution is 0.352. The number of rotatable bonds is 3. The third-order valence-corrected chi connectivity index (χ3v) is 3.44. The predicted molar refractivity (Wildman–Crippen MR) is 74.1 cm³/mol. The Morgan fingerprint density at radius 1 is 1.10 bits per heavy atom. The van der Waals surface area contributed by atoms with Crippen molar-refractivity contribution in [2.45, 2.75) is 6.42 Å². The van der Waals surface area contributed by atoms with Crippen LogP contribution in [0.25, 0.3) is 11.1 Å². The topological polar surface area (TPSA) is 27.7 Å². The van der Waals surface area contributed by atoms with Gasteiger partial charge in [-0.1, -0.05) is 12.1 Å². The third kappa shape index (κ3) is 1.97. The Hall–Kier alpha value is -2.23. The molecule has 0 atom stereocenters. The average Bonchev–Trinajstić information content (AvgIpc) is 2.93. The molecule has 0 bridgehead atoms. The minimum Gasteiger partial charge on any atom is -0.493 e. The first-order valence-corrected chi connectivity index (χ1v) is 6.41. The standard InChI is InChI=1S/C16H15FO3/c1-18-14-5-3-4-12(16(14)19-2)13-9-11(17)8-10-6-7-20-15(10)13/h3-5,8-9H,6-7H2,1-2H3. The lowest BCUT2D eigenvalue weighted by atomic mass is 9.99. The summed E-state index contributed by atoms with van der Waals surface area (Å²) in [5.41, 5.74) is 2.36. The van der Waals surface area contributed by atoms with Gasteiger partial charge in [0.05, 0.1) is 20.8 Å². The monoisotopic (exact) mass is 274 g/mol. The second kappa shape index (κ2) is 5.04. The van der Waals surface area contributed by atoms with E-state index in [0.29, 0.717) is 23.7 Å². The molecule has 0 unspecified atom stereocenters. The molecule has 2 aromatic rings. The van der Waals surface area contributed by atoms with E-state index in [0.717, 1.165) is 23.3 Å². The van der Waals surface area contributed by atoms with E-state index in [-0.39, 0.29) is 5.82 Å². The van der Waals surface area contributed by atoms with Gasteiger partial charge in [-0.2, -0.15) is 0 Å². The lowest BCUT2D eigenvalue weighted by Gasteiger charge is -2.15. The fourth-order valence-corrected chi connectivity index (χ4v) is 2.57. The van der Waals surface area contributed by atoms with Gasteiger partial charge in [0, 0.05) is 23.1 Å². The van der Waals surface area contributed by atoms with Gasteiger partial charge in [0.15, 0.2) is 11.5 Å². The van der Waals surface area contributed by atoms with Crippen molar-refractivity contribution >= 4 is 0 Å². The summed E-state index contributed by atoms with van der Waals surface area (Å²) >= 11 is 0. The molecule has 0 amide bonds. The first-order chi connectivity index (χ1) is 9.74. The zero-order valence-electron chi connectivity index (χ0n) is 11.4. The van der Waals surface area contributed by atoms with Crippen LogP contribution in [0, 0.1) is 5.82 Å². The summed E-state index contributed by atoms with van der Waals surface area (Å²) in [5.74, 6) is 1.66. The number of benzene rings is 2. The summed E-state index contributed by atoms with van der Waals surface area (Å²) in [6.07, 6.45) is 0.729. The molecule has 3 nitrogen and oxygen atoms in total. The molecule has 0 fully saturated rings. The number of fused-ring (bicyclic) bond motifs is 1. The summed E-state index contributed by atoms with van der Waals surface area (Å²) in [6.45, 7) is 0.581. The van der Waals surface area contributed by atoms with Gasteiger partial charge in [0.1, 0.15) is 11.6 Å². The highest BCUT2D eigenvalue weighted by atomic mass is 19.1. The fourth-order valence-electron chi connectivity index (χ4n) is 2.57. The third-order valence-electron chi connectivity index (χ3n) is 3.44. The number of halogens is 1. The summed E-state index contributed by atoms with van der Waals surface area (Å²) in [5, 5.41) is 0. The second-order valence-electron chi connectivity index (χ2n) is 4.58. The summed E-state index contributed by atoms with van der Waals surface area (Å²) in [4.78, 5) is 0. The molecule has 0 aliphatic carbocycles. The largest absolute Gasteiger partial charge is 0.493 e. The molecule has 20 heavy (non-hydrogen) atoms. The van der Waals surface area contributed by atoms with Gasteiger partial charge in [-0.05, 0) is 18.2 Å². The Morgan fingerprint density at radius 3 is 2.70 bits per heavy atom. The second-order valence-corrected chi connectivity index (χ2v) is 4.58. The Balaban J connectivity index is 2.24. The van der Waals surface area contributed by atoms with Gasteiger partial charge >= 0.3 is 0 Å². The quantitative estimate of drug-likeness (QED) is 0.858. The first-order valence-electron chi connectivity index (χ1n) is 6.41. The highest BCUT2D eigenvalue weighted by molar-refractivity contribution is 5.80. The van der Waals surface area contributed by atoms with E-state index in [9.17, 15) is 4.39 Å². The Bertz CT molecular complexity index is 652. The minimum absolute atomic E-state index is 0.269. The molecule has 1 heterocycles. The van der Waals surface area contributed by atoms with Crippen molar-refractivity contribution in [3.63, 3.8) is 0 Å². The van der Waals surface area contributed by atoms with Crippen LogP contribution < -0.4 is 14.2 Å². The maximum absolute atomic E-state index is 13.8. The number of hydrogen-bond acceptors (Lipinski definition) is 3. The Morgan fingerprint density at radius 2 is 1.95 bits per heavy atom. The van der Waals surface area contributed by atoms with Crippen molar-refractivity contribution in [1.29, 1.82) is 0 Å². The average molecular weight is 274 g/mol. The smallest absolute Gasteiger partial charge is 0.168 e. The van der Waals surface area contributed by atoms with Crippen LogP contribution in [0.2, 0.25) is 0 Å². The highest BCUT2D eigenvalue weighted by Crippen LogP contribution is 2.44. The van der Waals surface area contributed by atoms with Crippen molar-refractivity contribution in [1.82, 2.24) is 0 Å². The first kappa shape index (κ1) is 12.8. The number of hydrogen-bond donors (Lipinski definition) is 0. The normalized spacial score (nSPS) is 12.8. The molecule has 2 aromatic carbocycles. The van der Waals surface area contributed by atoms with E-state index >= 15 is 0 Å². The molecule has 0 saturated carbocycles. The van der Waals surface area contributed by atoms with E-state index in [1.165, 1.54) is 12.1 Å². The molecule has 0 radical (unpaired) electrons. The minimum atomic E-state index is -0.269. The molecule has 0 N–H and O–H groups in total. The molecule has 3 rings (SSSR count). The van der Waals surface area contributed by atoms with Gasteiger partial charge in [0.25, 0.3) is 0 Å². The zero-order valence-corrected chi connectivity index (χ0v) is 11.4. The van der Waals surface area contributed by atoms with Gasteiger partial charge in [-0.3, -0.25) is 0 Å². The van der Waals surface area contributed by atoms with Crippen LogP contribution in [0.1, 0.15) is 5.56 Å². The highest BCUT2D eigenvalue weighted by Gasteiger charge is 2.22. The number of methoxy groups -OCH3 is 2. The van der Waals surface area contributed by atoms with Crippen LogP contribution in [-0.4, -0.2) is 20.8 Å². The van der Waals surface area contributed by atoms with Crippen molar-refractivity contribution < 1.29 is 18.6 Å². The van der Waals surface area contributed by atoms with Crippen LogP contribution in [-0.2, 0) is 6.42 Å². The van der Waals surface area contributed by atoms with Gasteiger partial charge in [-0.25, -0.2) is 4.39 Å². The summed E-state index contributed by atoms with van der Waals surface area (Å²) < 4.78 is 30.2. The predicted octanol–water partition coefficient (Wildman–Crippen LogP) is 3.44. The van der Waals surface area contributed by atoms with Gasteiger partial charge in [0.2, 0.25) is 0 Å². The summed E-state index contributed by atoms with van der Waals surface area (Å²) in [6, 6.07) is 8.53. The summed E-state index contributed by atoms with van der Waals surface area (Å²) in [7, 11) is 3.15.